The first kappa shape index (κ1) is 61.6. The molecule has 484 valence electrons. The summed E-state index contributed by atoms with van der Waals surface area (Å²) in [5.74, 6) is 0. The topological polar surface area (TPSA) is 0 Å². The maximum absolute atomic E-state index is 2.38. The van der Waals surface area contributed by atoms with Gasteiger partial charge in [0, 0.05) is 0 Å². The molecule has 0 aliphatic carbocycles. The van der Waals surface area contributed by atoms with Crippen molar-refractivity contribution in [2.75, 3.05) is 0 Å². The fraction of sp³-hybridized carbons (Fsp3) is 0. The van der Waals surface area contributed by atoms with E-state index >= 15 is 0 Å². The Morgan fingerprint density at radius 3 is 0.615 bits per heavy atom. The highest BCUT2D eigenvalue weighted by molar-refractivity contribution is 6.23. The summed E-state index contributed by atoms with van der Waals surface area (Å²) in [4.78, 5) is 0. The van der Waals surface area contributed by atoms with Crippen molar-refractivity contribution >= 4 is 86.2 Å². The minimum atomic E-state index is 1.22. The first-order valence-corrected chi connectivity index (χ1v) is 36.0. The molecule has 20 rings (SSSR count). The molecule has 20 aromatic rings. The smallest absolute Gasteiger partial charge is 0.00262 e. The highest BCUT2D eigenvalue weighted by Crippen LogP contribution is 2.47. The predicted molar refractivity (Wildman–Crippen MR) is 447 cm³/mol. The number of fused-ring (bicyclic) bond motifs is 8. The molecule has 0 saturated carbocycles. The zero-order valence-electron chi connectivity index (χ0n) is 57.3. The number of benzene rings is 20. The van der Waals surface area contributed by atoms with Gasteiger partial charge in [0.25, 0.3) is 0 Å². The van der Waals surface area contributed by atoms with Crippen LogP contribution in [0.25, 0.3) is 197 Å². The second kappa shape index (κ2) is 26.5. The molecule has 0 heterocycles. The fourth-order valence-corrected chi connectivity index (χ4v) is 16.1. The van der Waals surface area contributed by atoms with E-state index in [2.05, 4.69) is 413 Å². The summed E-state index contributed by atoms with van der Waals surface area (Å²) in [7, 11) is 0. The molecule has 0 amide bonds. The number of hydrogen-bond acceptors (Lipinski definition) is 0. The van der Waals surface area contributed by atoms with Gasteiger partial charge in [-0.25, -0.2) is 0 Å². The molecular weight excluding hydrogens is 1250 g/mol. The lowest BCUT2D eigenvalue weighted by Gasteiger charge is -2.18. The van der Waals surface area contributed by atoms with Crippen LogP contribution in [0.5, 0.6) is 0 Å². The molecule has 0 bridgehead atoms. The third kappa shape index (κ3) is 11.5. The average Bonchev–Trinajstić information content (AvgIpc) is 0.737. The molecule has 0 unspecified atom stereocenters. The third-order valence-electron chi connectivity index (χ3n) is 21.3. The van der Waals surface area contributed by atoms with Gasteiger partial charge >= 0.3 is 0 Å². The fourth-order valence-electron chi connectivity index (χ4n) is 16.1. The number of hydrogen-bond donors (Lipinski definition) is 0. The molecule has 0 heteroatoms. The highest BCUT2D eigenvalue weighted by atomic mass is 14.2. The second-order valence-electron chi connectivity index (χ2n) is 27.4. The summed E-state index contributed by atoms with van der Waals surface area (Å²) in [5.41, 5.74) is 24.8. The van der Waals surface area contributed by atoms with E-state index in [4.69, 9.17) is 0 Å². The Balaban J connectivity index is 0.000000143. The summed E-state index contributed by atoms with van der Waals surface area (Å²) < 4.78 is 0. The van der Waals surface area contributed by atoms with Crippen LogP contribution in [0.3, 0.4) is 0 Å². The molecule has 0 fully saturated rings. The van der Waals surface area contributed by atoms with Gasteiger partial charge in [-0.15, -0.1) is 0 Å². The molecule has 0 atom stereocenters. The van der Waals surface area contributed by atoms with Crippen molar-refractivity contribution in [1.82, 2.24) is 0 Å². The van der Waals surface area contributed by atoms with E-state index in [0.29, 0.717) is 0 Å². The molecule has 0 aliphatic heterocycles. The van der Waals surface area contributed by atoms with Crippen LogP contribution in [0.4, 0.5) is 0 Å². The Kier molecular flexibility index (Phi) is 15.7. The molecule has 0 nitrogen and oxygen atoms in total. The van der Waals surface area contributed by atoms with Crippen LogP contribution in [0.1, 0.15) is 0 Å². The first-order valence-electron chi connectivity index (χ1n) is 36.0. The van der Waals surface area contributed by atoms with Gasteiger partial charge in [-0.3, -0.25) is 0 Å². The zero-order valence-corrected chi connectivity index (χ0v) is 57.3. The van der Waals surface area contributed by atoms with Crippen molar-refractivity contribution in [1.29, 1.82) is 0 Å². The quantitative estimate of drug-likeness (QED) is 0.120. The molecule has 20 aromatic carbocycles. The van der Waals surface area contributed by atoms with Crippen LogP contribution in [0, 0.1) is 0 Å². The minimum Gasteiger partial charge on any atom is -0.0622 e. The molecule has 0 spiro atoms. The lowest BCUT2D eigenvalue weighted by Crippen LogP contribution is -1.91. The molecule has 0 saturated heterocycles. The van der Waals surface area contributed by atoms with E-state index in [1.54, 1.807) is 0 Å². The van der Waals surface area contributed by atoms with Crippen LogP contribution in [0.15, 0.2) is 413 Å². The second-order valence-corrected chi connectivity index (χ2v) is 27.4. The van der Waals surface area contributed by atoms with Crippen molar-refractivity contribution in [3.05, 3.63) is 413 Å². The van der Waals surface area contributed by atoms with Crippen molar-refractivity contribution < 1.29 is 0 Å². The van der Waals surface area contributed by atoms with Crippen LogP contribution >= 0.6 is 0 Å². The first-order chi connectivity index (χ1) is 51.5. The van der Waals surface area contributed by atoms with Gasteiger partial charge in [-0.05, 0) is 240 Å². The van der Waals surface area contributed by atoms with E-state index in [-0.39, 0.29) is 0 Å². The Bertz CT molecular complexity index is 6550. The minimum absolute atomic E-state index is 1.22. The molecule has 0 aliphatic rings. The van der Waals surface area contributed by atoms with E-state index in [9.17, 15) is 0 Å². The largest absolute Gasteiger partial charge is 0.0622 e. The Labute approximate surface area is 606 Å². The van der Waals surface area contributed by atoms with Crippen molar-refractivity contribution in [2.45, 2.75) is 0 Å². The van der Waals surface area contributed by atoms with Crippen LogP contribution in [-0.2, 0) is 0 Å². The van der Waals surface area contributed by atoms with Gasteiger partial charge in [-0.2, -0.15) is 0 Å². The van der Waals surface area contributed by atoms with Crippen LogP contribution in [0.2, 0.25) is 0 Å². The monoisotopic (exact) mass is 1320 g/mol. The van der Waals surface area contributed by atoms with Crippen molar-refractivity contribution in [3.8, 4) is 111 Å². The van der Waals surface area contributed by atoms with Gasteiger partial charge in [-0.1, -0.05) is 370 Å². The maximum Gasteiger partial charge on any atom is -0.00262 e. The van der Waals surface area contributed by atoms with Gasteiger partial charge < -0.3 is 0 Å². The number of rotatable bonds is 10. The summed E-state index contributed by atoms with van der Waals surface area (Å²) in [6.07, 6.45) is 0. The van der Waals surface area contributed by atoms with E-state index in [0.717, 1.165) is 0 Å². The molecule has 0 aromatic heterocycles. The van der Waals surface area contributed by atoms with Crippen molar-refractivity contribution in [3.63, 3.8) is 0 Å². The molecule has 0 radical (unpaired) electrons. The van der Waals surface area contributed by atoms with Gasteiger partial charge in [0.05, 0.1) is 0 Å². The predicted octanol–water partition coefficient (Wildman–Crippen LogP) is 29.3. The lowest BCUT2D eigenvalue weighted by molar-refractivity contribution is 1.60. The Morgan fingerprint density at radius 1 is 0.0865 bits per heavy atom. The van der Waals surface area contributed by atoms with Gasteiger partial charge in [0.1, 0.15) is 0 Å². The molecular formula is C104H68. The van der Waals surface area contributed by atoms with Crippen LogP contribution < -0.4 is 0 Å². The highest BCUT2D eigenvalue weighted by Gasteiger charge is 2.20. The van der Waals surface area contributed by atoms with Gasteiger partial charge in [0.15, 0.2) is 0 Å². The zero-order chi connectivity index (χ0) is 68.9. The molecule has 104 heavy (non-hydrogen) atoms. The Hall–Kier alpha value is -13.5. The summed E-state index contributed by atoms with van der Waals surface area (Å²) in [6, 6.07) is 151. The summed E-state index contributed by atoms with van der Waals surface area (Å²) in [5, 5.41) is 20.1. The SMILES string of the molecule is c1ccc(-c2ccc(-c3ccc4ccc(-c5c6ccccc6c(-c6ccc(-c7ccc8ccccc8c7)cc6)c6ccccc56)cc4c3)cc2)cc1.c1ccc(-c2cccc(-c3ccc4ccc(-c5c6ccccc6c(-c6ccc(-c7ccc8ccccc8c7)cc6)c6ccccc56)cc4c3)c2)cc1. The maximum atomic E-state index is 2.38. The lowest BCUT2D eigenvalue weighted by atomic mass is 9.85. The van der Waals surface area contributed by atoms with Gasteiger partial charge in [0.2, 0.25) is 0 Å². The van der Waals surface area contributed by atoms with E-state index in [1.165, 1.54) is 197 Å². The third-order valence-corrected chi connectivity index (χ3v) is 21.3. The molecule has 0 N–H and O–H groups in total. The average molecular weight is 1320 g/mol. The summed E-state index contributed by atoms with van der Waals surface area (Å²) in [6.45, 7) is 0. The Morgan fingerprint density at radius 2 is 0.269 bits per heavy atom. The van der Waals surface area contributed by atoms with E-state index in [1.807, 2.05) is 0 Å². The van der Waals surface area contributed by atoms with Crippen molar-refractivity contribution in [2.24, 2.45) is 0 Å². The van der Waals surface area contributed by atoms with E-state index < -0.39 is 0 Å². The normalized spacial score (nSPS) is 11.5. The summed E-state index contributed by atoms with van der Waals surface area (Å²) >= 11 is 0. The standard InChI is InChI=1S/2C52H34/c1-2-11-35(12-3-1)41-15-10-16-42(31-41)44-29-24-38-25-30-45(34-46(38)33-44)52-49-19-8-6-17-47(49)51(48-18-7-9-20-50(48)52)39-26-21-37(22-27-39)43-28-23-36-13-4-5-14-40(36)32-43;1-2-10-35(11-3-1)37-18-20-38(21-19-37)44-30-25-40-26-31-45(34-46(40)33-44)52-49-16-8-6-14-47(49)51(48-15-7-9-17-50(48)52)41-27-22-39(23-28-41)43-29-24-36-12-4-5-13-42(36)32-43/h2*1-34H. The van der Waals surface area contributed by atoms with Crippen LogP contribution in [-0.4, -0.2) is 0 Å².